The SMILES string of the molecule is Cc1ccc(N2C(=O)C[C@@H]([NH+]3CCN(S(=O)(=O)c4ccc5ccccc5c4)CC3)C2=O)cc1. The molecule has 5 rings (SSSR count). The van der Waals surface area contributed by atoms with Crippen LogP contribution >= 0.6 is 0 Å². The fourth-order valence-corrected chi connectivity index (χ4v) is 6.23. The Bertz CT molecular complexity index is 1330. The summed E-state index contributed by atoms with van der Waals surface area (Å²) in [6.45, 7) is 3.55. The second-order valence-corrected chi connectivity index (χ2v) is 10.7. The highest BCUT2D eigenvalue weighted by Crippen LogP contribution is 2.24. The van der Waals surface area contributed by atoms with E-state index >= 15 is 0 Å². The van der Waals surface area contributed by atoms with E-state index in [2.05, 4.69) is 0 Å². The number of carbonyl (C=O) groups excluding carboxylic acids is 2. The van der Waals surface area contributed by atoms with Crippen LogP contribution in [0.3, 0.4) is 0 Å². The number of quaternary nitrogens is 1. The Balaban J connectivity index is 1.29. The predicted molar refractivity (Wildman–Crippen MR) is 125 cm³/mol. The largest absolute Gasteiger partial charge is 0.322 e. The fraction of sp³-hybridized carbons (Fsp3) is 0.280. The Labute approximate surface area is 193 Å². The van der Waals surface area contributed by atoms with Gasteiger partial charge in [0.2, 0.25) is 15.9 Å². The van der Waals surface area contributed by atoms with Gasteiger partial charge in [0.15, 0.2) is 6.04 Å². The second-order valence-electron chi connectivity index (χ2n) is 8.73. The van der Waals surface area contributed by atoms with Gasteiger partial charge >= 0.3 is 0 Å². The van der Waals surface area contributed by atoms with Crippen LogP contribution in [0.25, 0.3) is 10.8 Å². The molecule has 2 heterocycles. The molecule has 0 radical (unpaired) electrons. The summed E-state index contributed by atoms with van der Waals surface area (Å²) in [7, 11) is -3.62. The molecule has 2 fully saturated rings. The van der Waals surface area contributed by atoms with Crippen LogP contribution in [0.2, 0.25) is 0 Å². The third-order valence-corrected chi connectivity index (χ3v) is 8.55. The lowest BCUT2D eigenvalue weighted by Crippen LogP contribution is -3.19. The van der Waals surface area contributed by atoms with E-state index in [4.69, 9.17) is 0 Å². The molecule has 170 valence electrons. The Hall–Kier alpha value is -3.07. The quantitative estimate of drug-likeness (QED) is 0.592. The minimum Gasteiger partial charge on any atom is -0.322 e. The summed E-state index contributed by atoms with van der Waals surface area (Å²) in [5.74, 6) is -0.405. The number of sulfonamides is 1. The highest BCUT2D eigenvalue weighted by Gasteiger charge is 2.47. The van der Waals surface area contributed by atoms with Gasteiger partial charge in [-0.2, -0.15) is 4.31 Å². The minimum atomic E-state index is -3.62. The number of hydrogen-bond donors (Lipinski definition) is 1. The number of fused-ring (bicyclic) bond motifs is 1. The number of rotatable bonds is 4. The zero-order chi connectivity index (χ0) is 23.2. The Morgan fingerprint density at radius 3 is 2.24 bits per heavy atom. The molecule has 2 aliphatic rings. The third kappa shape index (κ3) is 3.94. The topological polar surface area (TPSA) is 79.2 Å². The molecule has 7 nitrogen and oxygen atoms in total. The molecule has 2 amide bonds. The number of amides is 2. The van der Waals surface area contributed by atoms with Crippen molar-refractivity contribution in [1.29, 1.82) is 0 Å². The maximum Gasteiger partial charge on any atom is 0.292 e. The molecular formula is C25H26N3O4S+. The van der Waals surface area contributed by atoms with Crippen molar-refractivity contribution in [3.8, 4) is 0 Å². The molecule has 2 aliphatic heterocycles. The van der Waals surface area contributed by atoms with Gasteiger partial charge in [-0.3, -0.25) is 9.59 Å². The molecule has 8 heteroatoms. The molecule has 0 bridgehead atoms. The molecule has 0 aliphatic carbocycles. The summed E-state index contributed by atoms with van der Waals surface area (Å²) in [6, 6.07) is 19.7. The Kier molecular flexibility index (Phi) is 5.52. The molecule has 0 spiro atoms. The van der Waals surface area contributed by atoms with Crippen molar-refractivity contribution in [1.82, 2.24) is 4.31 Å². The first-order chi connectivity index (χ1) is 15.8. The molecule has 0 saturated carbocycles. The molecule has 2 saturated heterocycles. The summed E-state index contributed by atoms with van der Waals surface area (Å²) < 4.78 is 27.9. The maximum atomic E-state index is 13.2. The lowest BCUT2D eigenvalue weighted by atomic mass is 10.1. The number of carbonyl (C=O) groups is 2. The van der Waals surface area contributed by atoms with E-state index in [0.29, 0.717) is 31.9 Å². The van der Waals surface area contributed by atoms with Crippen LogP contribution < -0.4 is 9.80 Å². The minimum absolute atomic E-state index is 0.152. The first kappa shape index (κ1) is 21.8. The van der Waals surface area contributed by atoms with Gasteiger partial charge in [-0.1, -0.05) is 48.0 Å². The molecular weight excluding hydrogens is 438 g/mol. The summed E-state index contributed by atoms with van der Waals surface area (Å²) in [6.07, 6.45) is 0.152. The molecule has 0 unspecified atom stereocenters. The highest BCUT2D eigenvalue weighted by molar-refractivity contribution is 7.89. The molecule has 3 aromatic rings. The van der Waals surface area contributed by atoms with Gasteiger partial charge in [-0.05, 0) is 42.0 Å². The fourth-order valence-electron chi connectivity index (χ4n) is 4.76. The summed E-state index contributed by atoms with van der Waals surface area (Å²) in [5, 5.41) is 1.88. The van der Waals surface area contributed by atoms with Crippen molar-refractivity contribution in [3.05, 3.63) is 72.3 Å². The molecule has 3 aromatic carbocycles. The van der Waals surface area contributed by atoms with Gasteiger partial charge in [-0.25, -0.2) is 13.3 Å². The van der Waals surface area contributed by atoms with Gasteiger partial charge in [0.25, 0.3) is 5.91 Å². The second kappa shape index (κ2) is 8.37. The lowest BCUT2D eigenvalue weighted by molar-refractivity contribution is -0.918. The molecule has 1 N–H and O–H groups in total. The van der Waals surface area contributed by atoms with Crippen LogP contribution in [0.5, 0.6) is 0 Å². The van der Waals surface area contributed by atoms with Crippen molar-refractivity contribution < 1.29 is 22.9 Å². The van der Waals surface area contributed by atoms with E-state index < -0.39 is 16.1 Å². The number of anilines is 1. The molecule has 0 aromatic heterocycles. The summed E-state index contributed by atoms with van der Waals surface area (Å²) >= 11 is 0. The van der Waals surface area contributed by atoms with Gasteiger partial charge in [0.1, 0.15) is 0 Å². The number of imide groups is 1. The van der Waals surface area contributed by atoms with Gasteiger partial charge in [0.05, 0.1) is 43.2 Å². The zero-order valence-corrected chi connectivity index (χ0v) is 19.2. The normalized spacial score (nSPS) is 20.6. The Morgan fingerprint density at radius 1 is 0.879 bits per heavy atom. The van der Waals surface area contributed by atoms with E-state index in [1.165, 1.54) is 9.21 Å². The van der Waals surface area contributed by atoms with E-state index in [0.717, 1.165) is 21.2 Å². The van der Waals surface area contributed by atoms with Crippen LogP contribution in [0.4, 0.5) is 5.69 Å². The molecule has 1 atom stereocenters. The average Bonchev–Trinajstić information content (AvgIpc) is 3.13. The van der Waals surface area contributed by atoms with Crippen molar-refractivity contribution in [2.75, 3.05) is 31.1 Å². The third-order valence-electron chi connectivity index (χ3n) is 6.65. The van der Waals surface area contributed by atoms with E-state index in [1.807, 2.05) is 49.4 Å². The monoisotopic (exact) mass is 464 g/mol. The van der Waals surface area contributed by atoms with Crippen LogP contribution in [0.1, 0.15) is 12.0 Å². The first-order valence-electron chi connectivity index (χ1n) is 11.1. The van der Waals surface area contributed by atoms with Crippen molar-refractivity contribution in [2.24, 2.45) is 0 Å². The van der Waals surface area contributed by atoms with Gasteiger partial charge in [-0.15, -0.1) is 0 Å². The van der Waals surface area contributed by atoms with E-state index in [9.17, 15) is 18.0 Å². The van der Waals surface area contributed by atoms with Crippen LogP contribution in [-0.4, -0.2) is 56.8 Å². The Morgan fingerprint density at radius 2 is 1.55 bits per heavy atom. The van der Waals surface area contributed by atoms with Crippen LogP contribution in [-0.2, 0) is 19.6 Å². The number of aryl methyl sites for hydroxylation is 1. The number of nitrogens with one attached hydrogen (secondary N) is 1. The smallest absolute Gasteiger partial charge is 0.292 e. The van der Waals surface area contributed by atoms with Crippen LogP contribution in [0.15, 0.2) is 71.6 Å². The maximum absolute atomic E-state index is 13.2. The standard InChI is InChI=1S/C25H25N3O4S/c1-18-6-9-21(10-7-18)28-24(29)17-23(25(28)30)26-12-14-27(15-13-26)33(31,32)22-11-8-19-4-2-3-5-20(19)16-22/h2-11,16,23H,12-15,17H2,1H3/p+1/t23-/m1/s1. The van der Waals surface area contributed by atoms with Crippen molar-refractivity contribution >= 4 is 38.3 Å². The first-order valence-corrected chi connectivity index (χ1v) is 12.6. The van der Waals surface area contributed by atoms with Crippen molar-refractivity contribution in [2.45, 2.75) is 24.3 Å². The predicted octanol–water partition coefficient (Wildman–Crippen LogP) is 1.37. The van der Waals surface area contributed by atoms with E-state index in [-0.39, 0.29) is 23.1 Å². The molecule has 33 heavy (non-hydrogen) atoms. The van der Waals surface area contributed by atoms with Gasteiger partial charge in [0, 0.05) is 0 Å². The summed E-state index contributed by atoms with van der Waals surface area (Å²) in [4.78, 5) is 28.2. The zero-order valence-electron chi connectivity index (χ0n) is 18.4. The number of nitrogens with zero attached hydrogens (tertiary/aromatic N) is 2. The van der Waals surface area contributed by atoms with E-state index in [1.54, 1.807) is 24.3 Å². The number of benzene rings is 3. The highest BCUT2D eigenvalue weighted by atomic mass is 32.2. The lowest BCUT2D eigenvalue weighted by Gasteiger charge is -2.33. The van der Waals surface area contributed by atoms with Crippen molar-refractivity contribution in [3.63, 3.8) is 0 Å². The number of hydrogen-bond acceptors (Lipinski definition) is 4. The average molecular weight is 465 g/mol. The van der Waals surface area contributed by atoms with Gasteiger partial charge < -0.3 is 4.90 Å². The van der Waals surface area contributed by atoms with Crippen LogP contribution in [0, 0.1) is 6.92 Å². The number of piperazine rings is 1. The summed E-state index contributed by atoms with van der Waals surface area (Å²) in [5.41, 5.74) is 1.65.